The molecule has 1 saturated carbocycles. The first kappa shape index (κ1) is 25.5. The summed E-state index contributed by atoms with van der Waals surface area (Å²) in [4.78, 5) is 14.4. The van der Waals surface area contributed by atoms with Crippen LogP contribution in [0.15, 0.2) is 42.5 Å². The lowest BCUT2D eigenvalue weighted by Crippen LogP contribution is -2.77. The summed E-state index contributed by atoms with van der Waals surface area (Å²) in [6, 6.07) is 7.45. The highest BCUT2D eigenvalue weighted by Gasteiger charge is 2.64. The molecule has 190 valence electrons. The van der Waals surface area contributed by atoms with E-state index in [1.54, 1.807) is 51.1 Å². The summed E-state index contributed by atoms with van der Waals surface area (Å²) in [6.45, 7) is 5.03. The maximum atomic E-state index is 15.7. The maximum absolute atomic E-state index is 15.7. The largest absolute Gasteiger partial charge is 0.444 e. The molecule has 2 heterocycles. The molecule has 2 aromatic carbocycles. The Morgan fingerprint density at radius 1 is 1.17 bits per heavy atom. The molecule has 2 atom stereocenters. The van der Waals surface area contributed by atoms with Gasteiger partial charge >= 0.3 is 6.09 Å². The van der Waals surface area contributed by atoms with Crippen LogP contribution >= 0.6 is 0 Å². The summed E-state index contributed by atoms with van der Waals surface area (Å²) in [5, 5.41) is 0. The fourth-order valence-corrected chi connectivity index (χ4v) is 5.86. The van der Waals surface area contributed by atoms with Crippen LogP contribution in [0.2, 0.25) is 0 Å². The van der Waals surface area contributed by atoms with Crippen LogP contribution in [0.5, 0.6) is 0 Å². The molecule has 2 bridgehead atoms. The topological polar surface area (TPSA) is 75.7 Å². The minimum atomic E-state index is -3.89. The van der Waals surface area contributed by atoms with Gasteiger partial charge in [-0.15, -0.1) is 0 Å². The van der Waals surface area contributed by atoms with Crippen molar-refractivity contribution in [3.8, 4) is 11.1 Å². The summed E-state index contributed by atoms with van der Waals surface area (Å²) >= 11 is 0. The second kappa shape index (κ2) is 8.81. The van der Waals surface area contributed by atoms with Gasteiger partial charge in [-0.3, -0.25) is 4.90 Å². The molecule has 1 N–H and O–H groups in total. The van der Waals surface area contributed by atoms with Crippen molar-refractivity contribution in [3.63, 3.8) is 0 Å². The molecule has 0 aromatic heterocycles. The number of alkyl halides is 1. The Kier molecular flexibility index (Phi) is 6.42. The molecular formula is C25H29F3N2O4S. The third-order valence-electron chi connectivity index (χ3n) is 6.41. The van der Waals surface area contributed by atoms with Crippen LogP contribution < -0.4 is 4.72 Å². The lowest BCUT2D eigenvalue weighted by molar-refractivity contribution is -0.131. The quantitative estimate of drug-likeness (QED) is 0.639. The van der Waals surface area contributed by atoms with Crippen molar-refractivity contribution < 1.29 is 31.1 Å². The molecule has 2 aromatic rings. The average Bonchev–Trinajstić information content (AvgIpc) is 2.70. The highest BCUT2D eigenvalue weighted by Crippen LogP contribution is 2.50. The fourth-order valence-electron chi connectivity index (χ4n) is 5.03. The number of nitrogens with zero attached hydrogens (tertiary/aromatic N) is 1. The number of hydrogen-bond donors (Lipinski definition) is 1. The summed E-state index contributed by atoms with van der Waals surface area (Å²) < 4.78 is 78.0. The van der Waals surface area contributed by atoms with Gasteiger partial charge in [-0.05, 0) is 50.5 Å². The Balaban J connectivity index is 1.78. The monoisotopic (exact) mass is 510 g/mol. The van der Waals surface area contributed by atoms with Crippen molar-refractivity contribution in [2.75, 3.05) is 6.26 Å². The van der Waals surface area contributed by atoms with E-state index in [0.717, 1.165) is 18.4 Å². The van der Waals surface area contributed by atoms with E-state index in [1.165, 1.54) is 4.90 Å². The average molecular weight is 511 g/mol. The summed E-state index contributed by atoms with van der Waals surface area (Å²) in [6.07, 6.45) is -0.313. The van der Waals surface area contributed by atoms with Gasteiger partial charge < -0.3 is 4.74 Å². The van der Waals surface area contributed by atoms with E-state index in [0.29, 0.717) is 5.56 Å². The molecule has 35 heavy (non-hydrogen) atoms. The standard InChI is InChI=1S/C25H29F3N2O4S/c1-24(2,3)34-23(31)30-18-13-25(28,14-18)22(29-35(4,32)33)20(30)11-16-10-17(26)12-19(21(16)27)15-8-6-5-7-9-15/h5-10,12,18,20,22,29H,11,13-14H2,1-4H3/t18?,20-,22+,25?/m0/s1. The number of sulfonamides is 1. The number of carbonyl (C=O) groups is 1. The number of carbonyl (C=O) groups excluding carboxylic acids is 1. The van der Waals surface area contributed by atoms with E-state index in [2.05, 4.69) is 4.72 Å². The molecule has 0 unspecified atom stereocenters. The van der Waals surface area contributed by atoms with Crippen molar-refractivity contribution in [3.05, 3.63) is 59.7 Å². The second-order valence-electron chi connectivity index (χ2n) is 10.4. The minimum Gasteiger partial charge on any atom is -0.444 e. The van der Waals surface area contributed by atoms with E-state index >= 15 is 8.78 Å². The number of rotatable bonds is 5. The number of nitrogens with one attached hydrogen (secondary N) is 1. The first-order chi connectivity index (χ1) is 16.2. The van der Waals surface area contributed by atoms with Crippen molar-refractivity contribution in [1.82, 2.24) is 9.62 Å². The van der Waals surface area contributed by atoms with Gasteiger partial charge in [0.05, 0.1) is 18.3 Å². The Bertz CT molecular complexity index is 1230. The lowest BCUT2D eigenvalue weighted by atomic mass is 9.64. The van der Waals surface area contributed by atoms with Crippen LogP contribution in [0, 0.1) is 11.6 Å². The van der Waals surface area contributed by atoms with E-state index in [-0.39, 0.29) is 30.4 Å². The molecule has 3 aliphatic rings. The van der Waals surface area contributed by atoms with Gasteiger partial charge in [-0.25, -0.2) is 31.1 Å². The Morgan fingerprint density at radius 2 is 1.80 bits per heavy atom. The van der Waals surface area contributed by atoms with Gasteiger partial charge in [0.1, 0.15) is 22.9 Å². The van der Waals surface area contributed by atoms with E-state index < -0.39 is 57.1 Å². The number of halogens is 3. The zero-order valence-electron chi connectivity index (χ0n) is 20.0. The van der Waals surface area contributed by atoms with Gasteiger partial charge in [0.25, 0.3) is 0 Å². The summed E-state index contributed by atoms with van der Waals surface area (Å²) in [5.74, 6) is -1.42. The molecule has 3 fully saturated rings. The van der Waals surface area contributed by atoms with Crippen molar-refractivity contribution in [2.45, 2.75) is 69.4 Å². The molecule has 1 aliphatic carbocycles. The van der Waals surface area contributed by atoms with E-state index in [1.807, 2.05) is 0 Å². The van der Waals surface area contributed by atoms with Crippen molar-refractivity contribution >= 4 is 16.1 Å². The normalized spacial score (nSPS) is 26.3. The highest BCUT2D eigenvalue weighted by atomic mass is 32.2. The molecule has 1 amide bonds. The molecule has 2 saturated heterocycles. The number of amides is 1. The number of fused-ring (bicyclic) bond motifs is 2. The third-order valence-corrected chi connectivity index (χ3v) is 7.10. The Labute approximate surface area is 203 Å². The highest BCUT2D eigenvalue weighted by molar-refractivity contribution is 7.88. The van der Waals surface area contributed by atoms with Gasteiger partial charge in [-0.2, -0.15) is 0 Å². The van der Waals surface area contributed by atoms with Crippen molar-refractivity contribution in [2.24, 2.45) is 0 Å². The molecular weight excluding hydrogens is 481 g/mol. The minimum absolute atomic E-state index is 0.0213. The van der Waals surface area contributed by atoms with Crippen LogP contribution in [-0.4, -0.2) is 55.1 Å². The van der Waals surface area contributed by atoms with Gasteiger partial charge in [0.15, 0.2) is 0 Å². The molecule has 2 aliphatic heterocycles. The summed E-state index contributed by atoms with van der Waals surface area (Å²) in [7, 11) is -3.89. The molecule has 5 rings (SSSR count). The Hall–Kier alpha value is -2.59. The zero-order valence-corrected chi connectivity index (χ0v) is 20.8. The van der Waals surface area contributed by atoms with Crippen molar-refractivity contribution in [1.29, 1.82) is 0 Å². The van der Waals surface area contributed by atoms with Gasteiger partial charge in [0, 0.05) is 24.4 Å². The first-order valence-corrected chi connectivity index (χ1v) is 13.3. The number of ether oxygens (including phenoxy) is 1. The van der Waals surface area contributed by atoms with Gasteiger partial charge in [0.2, 0.25) is 10.0 Å². The summed E-state index contributed by atoms with van der Waals surface area (Å²) in [5.41, 5.74) is -2.39. The predicted octanol–water partition coefficient (Wildman–Crippen LogP) is 4.58. The van der Waals surface area contributed by atoms with Crippen LogP contribution in [-0.2, 0) is 21.2 Å². The van der Waals surface area contributed by atoms with Crippen LogP contribution in [0.25, 0.3) is 11.1 Å². The number of benzene rings is 2. The fraction of sp³-hybridized carbons (Fsp3) is 0.480. The van der Waals surface area contributed by atoms with Crippen LogP contribution in [0.3, 0.4) is 0 Å². The smallest absolute Gasteiger partial charge is 0.410 e. The van der Waals surface area contributed by atoms with Crippen LogP contribution in [0.1, 0.15) is 39.2 Å². The number of hydrogen-bond acceptors (Lipinski definition) is 4. The SMILES string of the molecule is CC(C)(C)OC(=O)N1C2CC(F)(C2)[C@H](NS(C)(=O)=O)[C@@H]1Cc1cc(F)cc(-c2ccccc2)c1F. The van der Waals surface area contributed by atoms with Crippen LogP contribution in [0.4, 0.5) is 18.0 Å². The molecule has 0 radical (unpaired) electrons. The second-order valence-corrected chi connectivity index (χ2v) is 12.2. The predicted molar refractivity (Wildman–Crippen MR) is 126 cm³/mol. The van der Waals surface area contributed by atoms with E-state index in [9.17, 15) is 17.6 Å². The lowest BCUT2D eigenvalue weighted by Gasteiger charge is -2.60. The number of piperidine rings is 2. The first-order valence-electron chi connectivity index (χ1n) is 11.4. The zero-order chi connectivity index (χ0) is 25.8. The molecule has 10 heteroatoms. The maximum Gasteiger partial charge on any atom is 0.410 e. The third kappa shape index (κ3) is 5.33. The van der Waals surface area contributed by atoms with E-state index in [4.69, 9.17) is 4.74 Å². The Morgan fingerprint density at radius 3 is 2.37 bits per heavy atom. The van der Waals surface area contributed by atoms with Gasteiger partial charge in [-0.1, -0.05) is 30.3 Å². The molecule has 6 nitrogen and oxygen atoms in total. The molecule has 0 spiro atoms.